The van der Waals surface area contributed by atoms with Crippen molar-refractivity contribution in [3.8, 4) is 0 Å². The van der Waals surface area contributed by atoms with E-state index >= 15 is 0 Å². The molecule has 0 aliphatic heterocycles. The van der Waals surface area contributed by atoms with Crippen molar-refractivity contribution in [3.05, 3.63) is 47.5 Å². The second kappa shape index (κ2) is 3.92. The predicted octanol–water partition coefficient (Wildman–Crippen LogP) is 2.38. The Morgan fingerprint density at radius 3 is 2.29 bits per heavy atom. The molecule has 14 heavy (non-hydrogen) atoms. The molecule has 0 radical (unpaired) electrons. The average Bonchev–Trinajstić information content (AvgIpc) is 2.16. The SMILES string of the molecule is C=Cc1c(C)ccc(C(N)=O)c1C=C. The number of benzene rings is 1. The molecular weight excluding hydrogens is 174 g/mol. The van der Waals surface area contributed by atoms with Crippen LogP contribution in [-0.4, -0.2) is 5.91 Å². The average molecular weight is 187 g/mol. The van der Waals surface area contributed by atoms with Gasteiger partial charge in [-0.2, -0.15) is 0 Å². The van der Waals surface area contributed by atoms with Crippen molar-refractivity contribution in [1.82, 2.24) is 0 Å². The van der Waals surface area contributed by atoms with Crippen LogP contribution in [0.5, 0.6) is 0 Å². The molecule has 0 atom stereocenters. The van der Waals surface area contributed by atoms with E-state index in [2.05, 4.69) is 13.2 Å². The molecule has 0 aromatic heterocycles. The smallest absolute Gasteiger partial charge is 0.249 e. The Labute approximate surface area is 83.7 Å². The Bertz CT molecular complexity index is 405. The molecule has 0 saturated heterocycles. The van der Waals surface area contributed by atoms with E-state index in [1.165, 1.54) is 0 Å². The number of hydrogen-bond acceptors (Lipinski definition) is 1. The lowest BCUT2D eigenvalue weighted by molar-refractivity contribution is 0.1000. The molecule has 72 valence electrons. The zero-order chi connectivity index (χ0) is 10.7. The maximum atomic E-state index is 11.1. The summed E-state index contributed by atoms with van der Waals surface area (Å²) in [5.41, 5.74) is 8.46. The molecule has 0 spiro atoms. The standard InChI is InChI=1S/C12H13NO/c1-4-9-8(3)6-7-11(12(13)14)10(9)5-2/h4-7H,1-2H2,3H3,(H2,13,14). The first-order valence-electron chi connectivity index (χ1n) is 4.30. The highest BCUT2D eigenvalue weighted by molar-refractivity contribution is 5.98. The maximum absolute atomic E-state index is 11.1. The highest BCUT2D eigenvalue weighted by atomic mass is 16.1. The molecule has 1 aromatic rings. The second-order valence-electron chi connectivity index (χ2n) is 3.03. The first-order valence-corrected chi connectivity index (χ1v) is 4.30. The summed E-state index contributed by atoms with van der Waals surface area (Å²) in [5, 5.41) is 0. The Morgan fingerprint density at radius 1 is 1.29 bits per heavy atom. The molecule has 1 amide bonds. The Kier molecular flexibility index (Phi) is 2.87. The Balaban J connectivity index is 3.56. The van der Waals surface area contributed by atoms with Gasteiger partial charge in [0.15, 0.2) is 0 Å². The lowest BCUT2D eigenvalue weighted by Gasteiger charge is -2.09. The molecule has 2 heteroatoms. The summed E-state index contributed by atoms with van der Waals surface area (Å²) in [6.45, 7) is 9.32. The van der Waals surface area contributed by atoms with Crippen LogP contribution in [0.4, 0.5) is 0 Å². The number of amides is 1. The van der Waals surface area contributed by atoms with Crippen molar-refractivity contribution in [2.24, 2.45) is 5.73 Å². The molecule has 2 N–H and O–H groups in total. The van der Waals surface area contributed by atoms with E-state index < -0.39 is 5.91 Å². The number of primary amides is 1. The van der Waals surface area contributed by atoms with Gasteiger partial charge in [0.25, 0.3) is 0 Å². The van der Waals surface area contributed by atoms with Crippen LogP contribution in [0.3, 0.4) is 0 Å². The molecule has 0 fully saturated rings. The molecule has 0 unspecified atom stereocenters. The van der Waals surface area contributed by atoms with Crippen LogP contribution in [-0.2, 0) is 0 Å². The van der Waals surface area contributed by atoms with Gasteiger partial charge in [-0.15, -0.1) is 0 Å². The summed E-state index contributed by atoms with van der Waals surface area (Å²) in [7, 11) is 0. The largest absolute Gasteiger partial charge is 0.366 e. The fourth-order valence-corrected chi connectivity index (χ4v) is 1.45. The van der Waals surface area contributed by atoms with E-state index in [1.807, 2.05) is 13.0 Å². The van der Waals surface area contributed by atoms with E-state index in [0.29, 0.717) is 5.56 Å². The number of rotatable bonds is 3. The third-order valence-electron chi connectivity index (χ3n) is 2.18. The third-order valence-corrected chi connectivity index (χ3v) is 2.18. The van der Waals surface area contributed by atoms with E-state index in [4.69, 9.17) is 5.73 Å². The van der Waals surface area contributed by atoms with Crippen LogP contribution < -0.4 is 5.73 Å². The summed E-state index contributed by atoms with van der Waals surface area (Å²) < 4.78 is 0. The first-order chi connectivity index (χ1) is 6.61. The summed E-state index contributed by atoms with van der Waals surface area (Å²) >= 11 is 0. The van der Waals surface area contributed by atoms with Gasteiger partial charge in [-0.1, -0.05) is 31.4 Å². The molecule has 0 bridgehead atoms. The minimum absolute atomic E-state index is 0.442. The van der Waals surface area contributed by atoms with Gasteiger partial charge in [-0.25, -0.2) is 0 Å². The van der Waals surface area contributed by atoms with E-state index in [-0.39, 0.29) is 0 Å². The van der Waals surface area contributed by atoms with Crippen LogP contribution in [0.15, 0.2) is 25.3 Å². The van der Waals surface area contributed by atoms with Gasteiger partial charge in [0, 0.05) is 5.56 Å². The molecule has 0 heterocycles. The molecule has 1 aromatic carbocycles. The molecule has 0 aliphatic carbocycles. The van der Waals surface area contributed by atoms with E-state index in [1.54, 1.807) is 18.2 Å². The zero-order valence-electron chi connectivity index (χ0n) is 8.21. The first kappa shape index (κ1) is 10.3. The highest BCUT2D eigenvalue weighted by Crippen LogP contribution is 2.21. The molecule has 1 rings (SSSR count). The minimum atomic E-state index is -0.442. The van der Waals surface area contributed by atoms with E-state index in [9.17, 15) is 4.79 Å². The number of aryl methyl sites for hydroxylation is 1. The number of carbonyl (C=O) groups is 1. The second-order valence-corrected chi connectivity index (χ2v) is 3.03. The van der Waals surface area contributed by atoms with Crippen molar-refractivity contribution < 1.29 is 4.79 Å². The van der Waals surface area contributed by atoms with Crippen molar-refractivity contribution >= 4 is 18.1 Å². The summed E-state index contributed by atoms with van der Waals surface area (Å²) in [6, 6.07) is 3.56. The monoisotopic (exact) mass is 187 g/mol. The quantitative estimate of drug-likeness (QED) is 0.775. The topological polar surface area (TPSA) is 43.1 Å². The van der Waals surface area contributed by atoms with Crippen molar-refractivity contribution in [2.45, 2.75) is 6.92 Å². The van der Waals surface area contributed by atoms with Gasteiger partial charge in [0.05, 0.1) is 0 Å². The van der Waals surface area contributed by atoms with Crippen LogP contribution in [0.2, 0.25) is 0 Å². The lowest BCUT2D eigenvalue weighted by atomic mass is 9.96. The summed E-state index contributed by atoms with van der Waals surface area (Å²) in [6.07, 6.45) is 3.34. The fraction of sp³-hybridized carbons (Fsp3) is 0.0833. The van der Waals surface area contributed by atoms with Crippen LogP contribution >= 0.6 is 0 Å². The third kappa shape index (κ3) is 1.59. The lowest BCUT2D eigenvalue weighted by Crippen LogP contribution is -2.13. The molecular formula is C12H13NO. The maximum Gasteiger partial charge on any atom is 0.249 e. The Hall–Kier alpha value is -1.83. The zero-order valence-corrected chi connectivity index (χ0v) is 8.21. The number of hydrogen-bond donors (Lipinski definition) is 1. The number of carbonyl (C=O) groups excluding carboxylic acids is 1. The van der Waals surface area contributed by atoms with Gasteiger partial charge in [0.2, 0.25) is 5.91 Å². The van der Waals surface area contributed by atoms with Crippen LogP contribution in [0, 0.1) is 6.92 Å². The molecule has 0 aliphatic rings. The normalized spacial score (nSPS) is 9.50. The van der Waals surface area contributed by atoms with Crippen molar-refractivity contribution in [3.63, 3.8) is 0 Å². The van der Waals surface area contributed by atoms with Gasteiger partial charge in [0.1, 0.15) is 0 Å². The predicted molar refractivity (Wildman–Crippen MR) is 59.9 cm³/mol. The van der Waals surface area contributed by atoms with Gasteiger partial charge in [-0.3, -0.25) is 4.79 Å². The highest BCUT2D eigenvalue weighted by Gasteiger charge is 2.09. The minimum Gasteiger partial charge on any atom is -0.366 e. The van der Waals surface area contributed by atoms with Crippen LogP contribution in [0.1, 0.15) is 27.0 Å². The van der Waals surface area contributed by atoms with Gasteiger partial charge in [-0.05, 0) is 29.7 Å². The molecule has 2 nitrogen and oxygen atoms in total. The van der Waals surface area contributed by atoms with Gasteiger partial charge < -0.3 is 5.73 Å². The van der Waals surface area contributed by atoms with Crippen LogP contribution in [0.25, 0.3) is 12.2 Å². The summed E-state index contributed by atoms with van der Waals surface area (Å²) in [5.74, 6) is -0.442. The Morgan fingerprint density at radius 2 is 1.86 bits per heavy atom. The fourth-order valence-electron chi connectivity index (χ4n) is 1.45. The van der Waals surface area contributed by atoms with Crippen molar-refractivity contribution in [1.29, 1.82) is 0 Å². The summed E-state index contributed by atoms with van der Waals surface area (Å²) in [4.78, 5) is 11.1. The number of nitrogens with two attached hydrogens (primary N) is 1. The molecule has 0 saturated carbocycles. The van der Waals surface area contributed by atoms with Gasteiger partial charge >= 0.3 is 0 Å². The van der Waals surface area contributed by atoms with E-state index in [0.717, 1.165) is 16.7 Å². The van der Waals surface area contributed by atoms with Crippen molar-refractivity contribution in [2.75, 3.05) is 0 Å².